The molecule has 0 heterocycles. The van der Waals surface area contributed by atoms with Gasteiger partial charge in [-0.15, -0.1) is 0 Å². The van der Waals surface area contributed by atoms with E-state index in [9.17, 15) is 14.7 Å². The SMILES string of the molecule is Cc1cc(O)cc(C)c1C[C@H](N)C(=O)N[C@H](C)C(=O)O. The molecule has 110 valence electrons. The molecule has 0 radical (unpaired) electrons. The standard InChI is InChI=1S/C14H20N2O4/c1-7-4-10(17)5-8(2)11(7)6-12(15)13(18)16-9(3)14(19)20/h4-5,9,12,17H,6,15H2,1-3H3,(H,16,18)(H,19,20)/t9-,12+/m1/s1. The van der Waals surface area contributed by atoms with Crippen molar-refractivity contribution >= 4 is 11.9 Å². The van der Waals surface area contributed by atoms with E-state index < -0.39 is 24.0 Å². The van der Waals surface area contributed by atoms with Crippen LogP contribution in [0.4, 0.5) is 0 Å². The first-order valence-corrected chi connectivity index (χ1v) is 6.30. The molecule has 2 atom stereocenters. The van der Waals surface area contributed by atoms with Crippen LogP contribution in [0.5, 0.6) is 5.75 Å². The molecular weight excluding hydrogens is 260 g/mol. The summed E-state index contributed by atoms with van der Waals surface area (Å²) in [5, 5.41) is 20.5. The fourth-order valence-corrected chi connectivity index (χ4v) is 1.99. The molecule has 0 aliphatic rings. The molecule has 1 amide bonds. The minimum absolute atomic E-state index is 0.168. The van der Waals surface area contributed by atoms with Crippen molar-refractivity contribution in [1.29, 1.82) is 0 Å². The number of phenols is 1. The normalized spacial score (nSPS) is 13.6. The molecule has 1 aromatic carbocycles. The van der Waals surface area contributed by atoms with E-state index >= 15 is 0 Å². The summed E-state index contributed by atoms with van der Waals surface area (Å²) in [5.41, 5.74) is 8.38. The van der Waals surface area contributed by atoms with Crippen molar-refractivity contribution in [2.75, 3.05) is 0 Å². The van der Waals surface area contributed by atoms with E-state index in [1.165, 1.54) is 6.92 Å². The Labute approximate surface area is 117 Å². The Bertz CT molecular complexity index is 505. The predicted octanol–water partition coefficient (Wildman–Crippen LogP) is 0.468. The second-order valence-electron chi connectivity index (χ2n) is 4.94. The number of nitrogens with one attached hydrogen (secondary N) is 1. The van der Waals surface area contributed by atoms with Crippen molar-refractivity contribution in [2.45, 2.75) is 39.3 Å². The molecule has 0 fully saturated rings. The van der Waals surface area contributed by atoms with Crippen molar-refractivity contribution in [3.63, 3.8) is 0 Å². The van der Waals surface area contributed by atoms with Gasteiger partial charge in [-0.25, -0.2) is 0 Å². The van der Waals surface area contributed by atoms with Crippen LogP contribution in [0, 0.1) is 13.8 Å². The molecule has 20 heavy (non-hydrogen) atoms. The van der Waals surface area contributed by atoms with Gasteiger partial charge in [0.2, 0.25) is 5.91 Å². The molecule has 0 unspecified atom stereocenters. The number of carboxylic acids is 1. The molecular formula is C14H20N2O4. The first kappa shape index (κ1) is 16.0. The zero-order chi connectivity index (χ0) is 15.4. The predicted molar refractivity (Wildman–Crippen MR) is 74.5 cm³/mol. The number of benzene rings is 1. The Hall–Kier alpha value is -2.08. The number of carbonyl (C=O) groups excluding carboxylic acids is 1. The number of aliphatic carboxylic acids is 1. The van der Waals surface area contributed by atoms with Gasteiger partial charge < -0.3 is 21.3 Å². The van der Waals surface area contributed by atoms with E-state index in [-0.39, 0.29) is 12.2 Å². The summed E-state index contributed by atoms with van der Waals surface area (Å²) >= 11 is 0. The van der Waals surface area contributed by atoms with Gasteiger partial charge in [0.15, 0.2) is 0 Å². The van der Waals surface area contributed by atoms with Crippen LogP contribution in [0.25, 0.3) is 0 Å². The lowest BCUT2D eigenvalue weighted by Gasteiger charge is -2.17. The van der Waals surface area contributed by atoms with Gasteiger partial charge in [0.05, 0.1) is 6.04 Å². The molecule has 1 aromatic rings. The fourth-order valence-electron chi connectivity index (χ4n) is 1.99. The first-order chi connectivity index (χ1) is 9.22. The molecule has 0 saturated heterocycles. The zero-order valence-corrected chi connectivity index (χ0v) is 11.8. The fraction of sp³-hybridized carbons (Fsp3) is 0.429. The van der Waals surface area contributed by atoms with Gasteiger partial charge >= 0.3 is 5.97 Å². The third-order valence-electron chi connectivity index (χ3n) is 3.17. The topological polar surface area (TPSA) is 113 Å². The molecule has 6 heteroatoms. The average molecular weight is 280 g/mol. The Balaban J connectivity index is 2.78. The highest BCUT2D eigenvalue weighted by Crippen LogP contribution is 2.21. The number of nitrogens with two attached hydrogens (primary N) is 1. The van der Waals surface area contributed by atoms with Crippen molar-refractivity contribution in [1.82, 2.24) is 5.32 Å². The molecule has 0 aliphatic heterocycles. The van der Waals surface area contributed by atoms with E-state index in [0.717, 1.165) is 16.7 Å². The summed E-state index contributed by atoms with van der Waals surface area (Å²) < 4.78 is 0. The van der Waals surface area contributed by atoms with Crippen LogP contribution >= 0.6 is 0 Å². The lowest BCUT2D eigenvalue weighted by molar-refractivity contribution is -0.141. The summed E-state index contributed by atoms with van der Waals surface area (Å²) in [7, 11) is 0. The number of hydrogen-bond acceptors (Lipinski definition) is 4. The van der Waals surface area contributed by atoms with Crippen molar-refractivity contribution in [3.05, 3.63) is 28.8 Å². The van der Waals surface area contributed by atoms with Crippen LogP contribution in [0.3, 0.4) is 0 Å². The Morgan fingerprint density at radius 2 is 1.80 bits per heavy atom. The summed E-state index contributed by atoms with van der Waals surface area (Å²) in [6.45, 7) is 5.03. The largest absolute Gasteiger partial charge is 0.508 e. The minimum atomic E-state index is -1.11. The highest BCUT2D eigenvalue weighted by atomic mass is 16.4. The van der Waals surface area contributed by atoms with Crippen LogP contribution in [-0.2, 0) is 16.0 Å². The van der Waals surface area contributed by atoms with E-state index in [2.05, 4.69) is 5.32 Å². The maximum Gasteiger partial charge on any atom is 0.325 e. The molecule has 5 N–H and O–H groups in total. The maximum atomic E-state index is 11.8. The molecule has 0 aromatic heterocycles. The van der Waals surface area contributed by atoms with Gasteiger partial charge in [-0.1, -0.05) is 0 Å². The van der Waals surface area contributed by atoms with Crippen LogP contribution < -0.4 is 11.1 Å². The smallest absolute Gasteiger partial charge is 0.325 e. The first-order valence-electron chi connectivity index (χ1n) is 6.30. The Morgan fingerprint density at radius 1 is 1.30 bits per heavy atom. The number of hydrogen-bond donors (Lipinski definition) is 4. The van der Waals surface area contributed by atoms with Gasteiger partial charge in [-0.3, -0.25) is 9.59 Å². The Kier molecular flexibility index (Phi) is 5.10. The summed E-state index contributed by atoms with van der Waals surface area (Å²) in [5.74, 6) is -1.45. The van der Waals surface area contributed by atoms with Gasteiger partial charge in [0, 0.05) is 0 Å². The zero-order valence-electron chi connectivity index (χ0n) is 11.8. The van der Waals surface area contributed by atoms with E-state index in [4.69, 9.17) is 10.8 Å². The maximum absolute atomic E-state index is 11.8. The van der Waals surface area contributed by atoms with Crippen molar-refractivity contribution < 1.29 is 19.8 Å². The average Bonchev–Trinajstić information content (AvgIpc) is 2.32. The summed E-state index contributed by atoms with van der Waals surface area (Å²) in [4.78, 5) is 22.5. The molecule has 0 bridgehead atoms. The number of rotatable bonds is 5. The number of carboxylic acid groups (broad SMARTS) is 1. The Morgan fingerprint density at radius 3 is 2.25 bits per heavy atom. The second kappa shape index (κ2) is 6.38. The van der Waals surface area contributed by atoms with Crippen LogP contribution in [-0.4, -0.2) is 34.2 Å². The molecule has 0 spiro atoms. The number of aromatic hydroxyl groups is 1. The van der Waals surface area contributed by atoms with Crippen LogP contribution in [0.15, 0.2) is 12.1 Å². The molecule has 6 nitrogen and oxygen atoms in total. The van der Waals surface area contributed by atoms with Gasteiger partial charge in [0.25, 0.3) is 0 Å². The molecule has 0 saturated carbocycles. The minimum Gasteiger partial charge on any atom is -0.508 e. The van der Waals surface area contributed by atoms with Gasteiger partial charge in [0.1, 0.15) is 11.8 Å². The monoisotopic (exact) mass is 280 g/mol. The van der Waals surface area contributed by atoms with Crippen molar-refractivity contribution in [3.8, 4) is 5.75 Å². The highest BCUT2D eigenvalue weighted by Gasteiger charge is 2.21. The third-order valence-corrected chi connectivity index (χ3v) is 3.17. The van der Waals surface area contributed by atoms with E-state index in [0.29, 0.717) is 0 Å². The van der Waals surface area contributed by atoms with Gasteiger partial charge in [-0.2, -0.15) is 0 Å². The van der Waals surface area contributed by atoms with Crippen LogP contribution in [0.2, 0.25) is 0 Å². The number of carbonyl (C=O) groups is 2. The second-order valence-corrected chi connectivity index (χ2v) is 4.94. The lowest BCUT2D eigenvalue weighted by Crippen LogP contribution is -2.48. The summed E-state index contributed by atoms with van der Waals surface area (Å²) in [6.07, 6.45) is 0.288. The number of phenolic OH excluding ortho intramolecular Hbond substituents is 1. The third kappa shape index (κ3) is 3.96. The van der Waals surface area contributed by atoms with E-state index in [1.807, 2.05) is 13.8 Å². The number of amides is 1. The number of aryl methyl sites for hydroxylation is 2. The highest BCUT2D eigenvalue weighted by molar-refractivity contribution is 5.86. The summed E-state index contributed by atoms with van der Waals surface area (Å²) in [6, 6.07) is 1.40. The van der Waals surface area contributed by atoms with Crippen molar-refractivity contribution in [2.24, 2.45) is 5.73 Å². The van der Waals surface area contributed by atoms with E-state index in [1.54, 1.807) is 12.1 Å². The molecule has 1 rings (SSSR count). The van der Waals surface area contributed by atoms with Gasteiger partial charge in [-0.05, 0) is 56.0 Å². The molecule has 0 aliphatic carbocycles. The van der Waals surface area contributed by atoms with Crippen LogP contribution in [0.1, 0.15) is 23.6 Å². The quantitative estimate of drug-likeness (QED) is 0.626. The lowest BCUT2D eigenvalue weighted by atomic mass is 9.96.